The van der Waals surface area contributed by atoms with E-state index in [2.05, 4.69) is 26.3 Å². The molecule has 1 atom stereocenters. The van der Waals surface area contributed by atoms with Crippen molar-refractivity contribution in [3.63, 3.8) is 0 Å². The third-order valence-electron chi connectivity index (χ3n) is 4.99. The predicted molar refractivity (Wildman–Crippen MR) is 122 cm³/mol. The number of ether oxygens (including phenoxy) is 1. The summed E-state index contributed by atoms with van der Waals surface area (Å²) in [5.74, 6) is -0.984. The van der Waals surface area contributed by atoms with E-state index >= 15 is 0 Å². The molecule has 0 fully saturated rings. The summed E-state index contributed by atoms with van der Waals surface area (Å²) in [7, 11) is 0. The first-order valence-electron chi connectivity index (χ1n) is 9.88. The average Bonchev–Trinajstić information content (AvgIpc) is 3.05. The van der Waals surface area contributed by atoms with E-state index in [9.17, 15) is 22.8 Å². The van der Waals surface area contributed by atoms with Crippen LogP contribution in [0.25, 0.3) is 0 Å². The second kappa shape index (κ2) is 9.72. The summed E-state index contributed by atoms with van der Waals surface area (Å²) in [5.41, 5.74) is -0.689. The molecule has 1 aliphatic rings. The van der Waals surface area contributed by atoms with Gasteiger partial charge in [0.1, 0.15) is 12.0 Å². The largest absolute Gasteiger partial charge is 0.465 e. The van der Waals surface area contributed by atoms with Crippen molar-refractivity contribution in [3.05, 3.63) is 63.1 Å². The third-order valence-corrected chi connectivity index (χ3v) is 5.90. The van der Waals surface area contributed by atoms with Crippen molar-refractivity contribution < 1.29 is 27.5 Å². The summed E-state index contributed by atoms with van der Waals surface area (Å²) in [6, 6.07) is 10.0. The maximum atomic E-state index is 12.9. The minimum atomic E-state index is -4.51. The predicted octanol–water partition coefficient (Wildman–Crippen LogP) is 5.35. The first-order chi connectivity index (χ1) is 15.4. The van der Waals surface area contributed by atoms with Gasteiger partial charge in [-0.3, -0.25) is 14.6 Å². The van der Waals surface area contributed by atoms with Gasteiger partial charge < -0.3 is 10.1 Å². The Hall–Kier alpha value is -2.59. The summed E-state index contributed by atoms with van der Waals surface area (Å²) in [5, 5.41) is 8.98. The highest BCUT2D eigenvalue weighted by Gasteiger charge is 2.47. The van der Waals surface area contributed by atoms with E-state index in [1.165, 1.54) is 17.1 Å². The maximum absolute atomic E-state index is 12.9. The number of alkyl halides is 3. The molecule has 0 saturated heterocycles. The van der Waals surface area contributed by atoms with Gasteiger partial charge in [-0.05, 0) is 49.7 Å². The Balaban J connectivity index is 1.79. The molecule has 1 N–H and O–H groups in total. The molecule has 0 aromatic heterocycles. The Bertz CT molecular complexity index is 1090. The van der Waals surface area contributed by atoms with Crippen LogP contribution in [0.15, 0.2) is 52.0 Å². The lowest BCUT2D eigenvalue weighted by Gasteiger charge is -2.24. The van der Waals surface area contributed by atoms with Gasteiger partial charge in [-0.1, -0.05) is 39.7 Å². The van der Waals surface area contributed by atoms with E-state index in [1.54, 1.807) is 38.1 Å². The number of anilines is 1. The van der Waals surface area contributed by atoms with Crippen LogP contribution >= 0.6 is 27.5 Å². The number of halogens is 5. The van der Waals surface area contributed by atoms with E-state index < -0.39 is 29.0 Å². The number of hydrazone groups is 1. The lowest BCUT2D eigenvalue weighted by atomic mass is 9.82. The molecular formula is C22H20BrClF3N3O3. The van der Waals surface area contributed by atoms with E-state index in [0.717, 1.165) is 6.07 Å². The van der Waals surface area contributed by atoms with E-state index in [-0.39, 0.29) is 29.9 Å². The molecule has 0 spiro atoms. The number of carbonyl (C=O) groups is 2. The lowest BCUT2D eigenvalue weighted by Crippen LogP contribution is -2.41. The molecular weight excluding hydrogens is 527 g/mol. The number of esters is 1. The number of nitrogens with zero attached hydrogens (tertiary/aromatic N) is 2. The molecule has 2 aromatic carbocycles. The molecule has 1 unspecified atom stereocenters. The average molecular weight is 547 g/mol. The van der Waals surface area contributed by atoms with Crippen molar-refractivity contribution in [1.82, 2.24) is 5.01 Å². The lowest BCUT2D eigenvalue weighted by molar-refractivity contribution is -0.150. The minimum Gasteiger partial charge on any atom is -0.465 e. The Morgan fingerprint density at radius 1 is 1.24 bits per heavy atom. The van der Waals surface area contributed by atoms with Gasteiger partial charge in [0.25, 0.3) is 0 Å². The van der Waals surface area contributed by atoms with Gasteiger partial charge in [0.2, 0.25) is 5.91 Å². The summed E-state index contributed by atoms with van der Waals surface area (Å²) in [6.07, 6.45) is -4.51. The van der Waals surface area contributed by atoms with Gasteiger partial charge in [-0.2, -0.15) is 18.3 Å². The number of nitrogens with one attached hydrogen (secondary N) is 1. The van der Waals surface area contributed by atoms with Crippen molar-refractivity contribution in [3.8, 4) is 0 Å². The fourth-order valence-corrected chi connectivity index (χ4v) is 4.17. The third kappa shape index (κ3) is 5.67. The summed E-state index contributed by atoms with van der Waals surface area (Å²) in [6.45, 7) is 3.44. The van der Waals surface area contributed by atoms with Crippen LogP contribution < -0.4 is 5.32 Å². The standard InChI is InChI=1S/C22H20BrClF3N3O3/c1-3-33-20(32)21(2)12-30(29-19(21)13-4-6-14(24)7-5-13)11-18(31)28-15-8-9-16(17(23)10-15)22(25,26)27/h4-10H,3,11-12H2,1-2H3,(H,28,31). The first kappa shape index (κ1) is 25.0. The molecule has 3 rings (SSSR count). The number of hydrogen-bond donors (Lipinski definition) is 1. The SMILES string of the molecule is CCOC(=O)C1(C)CN(CC(=O)Nc2ccc(C(F)(F)F)c(Br)c2)N=C1c1ccc(Cl)cc1. The fraction of sp³-hybridized carbons (Fsp3) is 0.318. The van der Waals surface area contributed by atoms with Crippen LogP contribution in [0.3, 0.4) is 0 Å². The molecule has 0 bridgehead atoms. The van der Waals surface area contributed by atoms with Crippen LogP contribution in [0.4, 0.5) is 18.9 Å². The van der Waals surface area contributed by atoms with E-state index in [4.69, 9.17) is 16.3 Å². The molecule has 1 aliphatic heterocycles. The van der Waals surface area contributed by atoms with Crippen LogP contribution in [0, 0.1) is 5.41 Å². The van der Waals surface area contributed by atoms with Crippen molar-refractivity contribution in [2.45, 2.75) is 20.0 Å². The second-order valence-electron chi connectivity index (χ2n) is 7.57. The highest BCUT2D eigenvalue weighted by molar-refractivity contribution is 9.10. The van der Waals surface area contributed by atoms with Gasteiger partial charge in [-0.15, -0.1) is 0 Å². The van der Waals surface area contributed by atoms with Crippen LogP contribution in [-0.2, 0) is 20.5 Å². The molecule has 1 heterocycles. The summed E-state index contributed by atoms with van der Waals surface area (Å²) < 4.78 is 43.8. The van der Waals surface area contributed by atoms with Crippen molar-refractivity contribution >= 4 is 50.8 Å². The molecule has 176 valence electrons. The van der Waals surface area contributed by atoms with Crippen LogP contribution in [0.5, 0.6) is 0 Å². The zero-order valence-electron chi connectivity index (χ0n) is 17.7. The molecule has 0 saturated carbocycles. The molecule has 33 heavy (non-hydrogen) atoms. The first-order valence-corrected chi connectivity index (χ1v) is 11.0. The molecule has 0 aliphatic carbocycles. The number of amides is 1. The van der Waals surface area contributed by atoms with Gasteiger partial charge in [-0.25, -0.2) is 0 Å². The second-order valence-corrected chi connectivity index (χ2v) is 8.86. The molecule has 2 aromatic rings. The Labute approximate surface area is 201 Å². The van der Waals surface area contributed by atoms with Crippen molar-refractivity contribution in [2.75, 3.05) is 25.0 Å². The monoisotopic (exact) mass is 545 g/mol. The van der Waals surface area contributed by atoms with Crippen molar-refractivity contribution in [1.29, 1.82) is 0 Å². The number of hydrogen-bond acceptors (Lipinski definition) is 5. The normalized spacial score (nSPS) is 18.2. The van der Waals surface area contributed by atoms with Gasteiger partial charge in [0, 0.05) is 15.2 Å². The zero-order valence-corrected chi connectivity index (χ0v) is 20.0. The van der Waals surface area contributed by atoms with E-state index in [0.29, 0.717) is 16.3 Å². The minimum absolute atomic E-state index is 0.0912. The van der Waals surface area contributed by atoms with Crippen LogP contribution in [0.1, 0.15) is 25.0 Å². The summed E-state index contributed by atoms with van der Waals surface area (Å²) in [4.78, 5) is 25.3. The van der Waals surface area contributed by atoms with Gasteiger partial charge in [0.05, 0.1) is 24.4 Å². The fourth-order valence-electron chi connectivity index (χ4n) is 3.44. The number of carbonyl (C=O) groups excluding carboxylic acids is 2. The smallest absolute Gasteiger partial charge is 0.417 e. The Kier molecular flexibility index (Phi) is 7.38. The number of benzene rings is 2. The highest BCUT2D eigenvalue weighted by atomic mass is 79.9. The highest BCUT2D eigenvalue weighted by Crippen LogP contribution is 2.36. The molecule has 11 heteroatoms. The van der Waals surface area contributed by atoms with Crippen LogP contribution in [0.2, 0.25) is 5.02 Å². The summed E-state index contributed by atoms with van der Waals surface area (Å²) >= 11 is 8.84. The topological polar surface area (TPSA) is 71.0 Å². The molecule has 0 radical (unpaired) electrons. The molecule has 1 amide bonds. The van der Waals surface area contributed by atoms with Gasteiger partial charge >= 0.3 is 12.1 Å². The number of rotatable bonds is 6. The van der Waals surface area contributed by atoms with Crippen molar-refractivity contribution in [2.24, 2.45) is 10.5 Å². The molecule has 6 nitrogen and oxygen atoms in total. The Morgan fingerprint density at radius 3 is 2.48 bits per heavy atom. The van der Waals surface area contributed by atoms with Crippen LogP contribution in [-0.4, -0.2) is 42.3 Å². The van der Waals surface area contributed by atoms with E-state index in [1.807, 2.05) is 0 Å². The quantitative estimate of drug-likeness (QED) is 0.496. The Morgan fingerprint density at radius 2 is 1.91 bits per heavy atom. The maximum Gasteiger partial charge on any atom is 0.417 e. The zero-order chi connectivity index (χ0) is 24.4. The van der Waals surface area contributed by atoms with Gasteiger partial charge in [0.15, 0.2) is 0 Å².